The summed E-state index contributed by atoms with van der Waals surface area (Å²) in [6.45, 7) is 2.28. The SMILES string of the molecule is Cc1ncccc1CCNC(=O)NC1CCc2cc(F)c(F)c(F)c21. The highest BCUT2D eigenvalue weighted by atomic mass is 19.2. The number of carbonyl (C=O) groups excluding carboxylic acids is 1. The van der Waals surface area contributed by atoms with Gasteiger partial charge in [0, 0.05) is 24.0 Å². The normalized spacial score (nSPS) is 15.8. The van der Waals surface area contributed by atoms with Crippen molar-refractivity contribution in [3.63, 3.8) is 0 Å². The Morgan fingerprint density at radius 3 is 2.88 bits per heavy atom. The average Bonchev–Trinajstić information content (AvgIpc) is 2.97. The Labute approximate surface area is 143 Å². The van der Waals surface area contributed by atoms with E-state index in [1.54, 1.807) is 6.20 Å². The van der Waals surface area contributed by atoms with Crippen LogP contribution in [0.3, 0.4) is 0 Å². The van der Waals surface area contributed by atoms with E-state index in [1.165, 1.54) is 0 Å². The number of nitrogens with one attached hydrogen (secondary N) is 2. The Bertz CT molecular complexity index is 810. The Morgan fingerprint density at radius 2 is 2.12 bits per heavy atom. The van der Waals surface area contributed by atoms with Gasteiger partial charge in [-0.15, -0.1) is 0 Å². The molecule has 0 fully saturated rings. The van der Waals surface area contributed by atoms with Crippen molar-refractivity contribution in [1.29, 1.82) is 0 Å². The molecular formula is C18H18F3N3O. The summed E-state index contributed by atoms with van der Waals surface area (Å²) in [5, 5.41) is 5.32. The van der Waals surface area contributed by atoms with Gasteiger partial charge in [0.15, 0.2) is 17.5 Å². The number of halogens is 3. The third-order valence-electron chi connectivity index (χ3n) is 4.44. The van der Waals surface area contributed by atoms with E-state index in [9.17, 15) is 18.0 Å². The molecule has 0 aliphatic heterocycles. The van der Waals surface area contributed by atoms with Crippen molar-refractivity contribution in [2.24, 2.45) is 0 Å². The lowest BCUT2D eigenvalue weighted by molar-refractivity contribution is 0.237. The summed E-state index contributed by atoms with van der Waals surface area (Å²) >= 11 is 0. The minimum absolute atomic E-state index is 0.0390. The molecule has 2 N–H and O–H groups in total. The Kier molecular flexibility index (Phi) is 4.92. The third kappa shape index (κ3) is 3.60. The number of pyridine rings is 1. The molecule has 1 aromatic heterocycles. The van der Waals surface area contributed by atoms with Gasteiger partial charge < -0.3 is 10.6 Å². The Balaban J connectivity index is 1.59. The quantitative estimate of drug-likeness (QED) is 0.832. The van der Waals surface area contributed by atoms with Crippen molar-refractivity contribution >= 4 is 6.03 Å². The van der Waals surface area contributed by atoms with Crippen LogP contribution in [0.1, 0.15) is 34.8 Å². The fraction of sp³-hybridized carbons (Fsp3) is 0.333. The second-order valence-electron chi connectivity index (χ2n) is 6.05. The lowest BCUT2D eigenvalue weighted by Crippen LogP contribution is -2.38. The van der Waals surface area contributed by atoms with Gasteiger partial charge in [0.1, 0.15) is 0 Å². The Morgan fingerprint density at radius 1 is 1.32 bits per heavy atom. The van der Waals surface area contributed by atoms with E-state index in [4.69, 9.17) is 0 Å². The summed E-state index contributed by atoms with van der Waals surface area (Å²) in [6, 6.07) is 3.63. The molecule has 1 aliphatic rings. The number of benzene rings is 1. The second kappa shape index (κ2) is 7.13. The predicted octanol–water partition coefficient (Wildman–Crippen LogP) is 3.34. The highest BCUT2D eigenvalue weighted by Gasteiger charge is 2.30. The van der Waals surface area contributed by atoms with Gasteiger partial charge in [-0.2, -0.15) is 0 Å². The van der Waals surface area contributed by atoms with Gasteiger partial charge >= 0.3 is 6.03 Å². The smallest absolute Gasteiger partial charge is 0.315 e. The predicted molar refractivity (Wildman–Crippen MR) is 86.6 cm³/mol. The van der Waals surface area contributed by atoms with Crippen LogP contribution in [0.5, 0.6) is 0 Å². The zero-order valence-electron chi connectivity index (χ0n) is 13.7. The first kappa shape index (κ1) is 17.3. The molecule has 0 saturated heterocycles. The van der Waals surface area contributed by atoms with Gasteiger partial charge in [-0.1, -0.05) is 6.07 Å². The monoisotopic (exact) mass is 349 g/mol. The number of nitrogens with zero attached hydrogens (tertiary/aromatic N) is 1. The third-order valence-corrected chi connectivity index (χ3v) is 4.44. The highest BCUT2D eigenvalue weighted by molar-refractivity contribution is 5.74. The molecule has 1 aromatic carbocycles. The number of carbonyl (C=O) groups is 1. The van der Waals surface area contributed by atoms with Gasteiger partial charge in [-0.05, 0) is 49.4 Å². The van der Waals surface area contributed by atoms with E-state index in [2.05, 4.69) is 15.6 Å². The zero-order chi connectivity index (χ0) is 18.0. The minimum atomic E-state index is -1.50. The molecule has 1 heterocycles. The molecule has 0 spiro atoms. The maximum absolute atomic E-state index is 14.0. The van der Waals surface area contributed by atoms with Gasteiger partial charge in [-0.25, -0.2) is 18.0 Å². The summed E-state index contributed by atoms with van der Waals surface area (Å²) in [7, 11) is 0. The van der Waals surface area contributed by atoms with Crippen LogP contribution in [0.4, 0.5) is 18.0 Å². The van der Waals surface area contributed by atoms with Gasteiger partial charge in [-0.3, -0.25) is 4.98 Å². The zero-order valence-corrected chi connectivity index (χ0v) is 13.7. The number of fused-ring (bicyclic) bond motifs is 1. The Hall–Kier alpha value is -2.57. The lowest BCUT2D eigenvalue weighted by Gasteiger charge is -2.16. The summed E-state index contributed by atoms with van der Waals surface area (Å²) in [5.74, 6) is -3.92. The first-order valence-corrected chi connectivity index (χ1v) is 8.08. The molecule has 1 atom stereocenters. The van der Waals surface area contributed by atoms with E-state index in [1.807, 2.05) is 19.1 Å². The van der Waals surface area contributed by atoms with Crippen molar-refractivity contribution in [1.82, 2.24) is 15.6 Å². The van der Waals surface area contributed by atoms with Crippen LogP contribution in [0.2, 0.25) is 0 Å². The van der Waals surface area contributed by atoms with Crippen LogP contribution in [0, 0.1) is 24.4 Å². The molecule has 2 aromatic rings. The second-order valence-corrected chi connectivity index (χ2v) is 6.05. The van der Waals surface area contributed by atoms with E-state index in [0.717, 1.165) is 17.3 Å². The van der Waals surface area contributed by atoms with Crippen LogP contribution in [-0.4, -0.2) is 17.6 Å². The van der Waals surface area contributed by atoms with Gasteiger partial charge in [0.25, 0.3) is 0 Å². The minimum Gasteiger partial charge on any atom is -0.338 e. The first-order valence-electron chi connectivity index (χ1n) is 8.08. The van der Waals surface area contributed by atoms with Crippen LogP contribution >= 0.6 is 0 Å². The largest absolute Gasteiger partial charge is 0.338 e. The summed E-state index contributed by atoms with van der Waals surface area (Å²) in [5.41, 5.74) is 2.36. The fourth-order valence-corrected chi connectivity index (χ4v) is 3.13. The molecule has 0 saturated carbocycles. The highest BCUT2D eigenvalue weighted by Crippen LogP contribution is 2.35. The van der Waals surface area contributed by atoms with Crippen molar-refractivity contribution in [2.45, 2.75) is 32.2 Å². The molecule has 4 nitrogen and oxygen atoms in total. The van der Waals surface area contributed by atoms with Crippen molar-refractivity contribution in [2.75, 3.05) is 6.54 Å². The van der Waals surface area contributed by atoms with E-state index in [0.29, 0.717) is 31.4 Å². The van der Waals surface area contributed by atoms with Crippen molar-refractivity contribution in [3.05, 3.63) is 64.2 Å². The van der Waals surface area contributed by atoms with Crippen molar-refractivity contribution in [3.8, 4) is 0 Å². The topological polar surface area (TPSA) is 54.0 Å². The molecule has 1 aliphatic carbocycles. The molecular weight excluding hydrogens is 331 g/mol. The van der Waals surface area contributed by atoms with Gasteiger partial charge in [0.2, 0.25) is 0 Å². The van der Waals surface area contributed by atoms with E-state index >= 15 is 0 Å². The molecule has 0 radical (unpaired) electrons. The number of urea groups is 1. The summed E-state index contributed by atoms with van der Waals surface area (Å²) < 4.78 is 40.7. The molecule has 0 bridgehead atoms. The molecule has 3 rings (SSSR count). The molecule has 25 heavy (non-hydrogen) atoms. The number of hydrogen-bond acceptors (Lipinski definition) is 2. The standard InChI is InChI=1S/C18H18F3N3O/c1-10-11(3-2-7-22-10)6-8-23-18(25)24-14-5-4-12-9-13(19)16(20)17(21)15(12)14/h2-3,7,9,14H,4-6,8H2,1H3,(H2,23,24,25). The summed E-state index contributed by atoms with van der Waals surface area (Å²) in [6.07, 6.45) is 3.11. The molecule has 132 valence electrons. The maximum atomic E-state index is 14.0. The summed E-state index contributed by atoms with van der Waals surface area (Å²) in [4.78, 5) is 16.2. The lowest BCUT2D eigenvalue weighted by atomic mass is 10.1. The maximum Gasteiger partial charge on any atom is 0.315 e. The number of amides is 2. The van der Waals surface area contributed by atoms with E-state index in [-0.39, 0.29) is 5.56 Å². The van der Waals surface area contributed by atoms with Crippen LogP contribution < -0.4 is 10.6 Å². The molecule has 1 unspecified atom stereocenters. The number of hydrogen-bond donors (Lipinski definition) is 2. The van der Waals surface area contributed by atoms with Crippen LogP contribution in [0.25, 0.3) is 0 Å². The van der Waals surface area contributed by atoms with Crippen LogP contribution in [0.15, 0.2) is 24.4 Å². The molecule has 7 heteroatoms. The number of aryl methyl sites for hydroxylation is 2. The van der Waals surface area contributed by atoms with Crippen LogP contribution in [-0.2, 0) is 12.8 Å². The average molecular weight is 349 g/mol. The van der Waals surface area contributed by atoms with Gasteiger partial charge in [0.05, 0.1) is 6.04 Å². The first-order chi connectivity index (χ1) is 12.0. The van der Waals surface area contributed by atoms with Crippen molar-refractivity contribution < 1.29 is 18.0 Å². The number of rotatable bonds is 4. The fourth-order valence-electron chi connectivity index (χ4n) is 3.13. The molecule has 2 amide bonds. The van der Waals surface area contributed by atoms with E-state index < -0.39 is 29.5 Å². The number of aromatic nitrogens is 1.